The predicted octanol–water partition coefficient (Wildman–Crippen LogP) is 2.17. The first-order valence-electron chi connectivity index (χ1n) is 6.91. The second-order valence-corrected chi connectivity index (χ2v) is 4.90. The van der Waals surface area contributed by atoms with E-state index in [4.69, 9.17) is 9.47 Å². The number of ether oxygens (including phenoxy) is 2. The molecule has 0 aliphatic carbocycles. The highest BCUT2D eigenvalue weighted by atomic mass is 16.7. The first-order chi connectivity index (χ1) is 11.1. The van der Waals surface area contributed by atoms with Crippen LogP contribution in [0.4, 0.5) is 5.69 Å². The average molecular weight is 314 g/mol. The van der Waals surface area contributed by atoms with Crippen molar-refractivity contribution in [2.24, 2.45) is 4.99 Å². The van der Waals surface area contributed by atoms with Gasteiger partial charge >= 0.3 is 6.04 Å². The fourth-order valence-electron chi connectivity index (χ4n) is 2.45. The first kappa shape index (κ1) is 15.0. The number of aliphatic hydroxyl groups excluding tert-OH is 1. The van der Waals surface area contributed by atoms with E-state index in [1.807, 2.05) is 0 Å². The van der Waals surface area contributed by atoms with Crippen molar-refractivity contribution in [2.45, 2.75) is 12.3 Å². The van der Waals surface area contributed by atoms with E-state index in [-0.39, 0.29) is 5.71 Å². The Balaban J connectivity index is 2.20. The van der Waals surface area contributed by atoms with Crippen molar-refractivity contribution in [1.82, 2.24) is 0 Å². The van der Waals surface area contributed by atoms with Gasteiger partial charge < -0.3 is 14.6 Å². The zero-order valence-corrected chi connectivity index (χ0v) is 12.2. The summed E-state index contributed by atoms with van der Waals surface area (Å²) < 4.78 is 10.5. The van der Waals surface area contributed by atoms with Crippen LogP contribution in [0, 0.1) is 10.1 Å². The second kappa shape index (κ2) is 6.05. The van der Waals surface area contributed by atoms with Gasteiger partial charge in [0.05, 0.1) is 7.11 Å². The van der Waals surface area contributed by atoms with Crippen molar-refractivity contribution < 1.29 is 19.5 Å². The normalized spacial score (nSPS) is 21.4. The lowest BCUT2D eigenvalue weighted by molar-refractivity contribution is -0.524. The number of nitro groups is 1. The largest absolute Gasteiger partial charge is 0.494 e. The topological polar surface area (TPSA) is 94.2 Å². The number of aliphatic hydroxyl groups is 1. The van der Waals surface area contributed by atoms with Gasteiger partial charge in [-0.05, 0) is 24.3 Å². The summed E-state index contributed by atoms with van der Waals surface area (Å²) in [6.45, 7) is 0. The molecule has 0 spiro atoms. The van der Waals surface area contributed by atoms with Gasteiger partial charge in [-0.3, -0.25) is 10.1 Å². The Labute approximate surface area is 132 Å². The number of fused-ring (bicyclic) bond motifs is 1. The smallest absolute Gasteiger partial charge is 0.316 e. The van der Waals surface area contributed by atoms with Gasteiger partial charge in [-0.15, -0.1) is 0 Å². The van der Waals surface area contributed by atoms with Gasteiger partial charge in [0.1, 0.15) is 22.9 Å². The molecule has 0 radical (unpaired) electrons. The number of benzene rings is 2. The van der Waals surface area contributed by atoms with Crippen LogP contribution < -0.4 is 9.47 Å². The summed E-state index contributed by atoms with van der Waals surface area (Å²) >= 11 is 0. The monoisotopic (exact) mass is 314 g/mol. The Kier molecular flexibility index (Phi) is 3.94. The Morgan fingerprint density at radius 2 is 1.91 bits per heavy atom. The SMILES string of the molecule is COc1ccccc1N=C1c2ccccc2OC(O)C1[N+](=O)[O-]. The predicted molar refractivity (Wildman–Crippen MR) is 83.1 cm³/mol. The van der Waals surface area contributed by atoms with E-state index in [2.05, 4.69) is 4.99 Å². The van der Waals surface area contributed by atoms with Crippen molar-refractivity contribution in [3.05, 3.63) is 64.2 Å². The third kappa shape index (κ3) is 2.74. The number of aliphatic imine (C=N–C) groups is 1. The van der Waals surface area contributed by atoms with E-state index in [0.29, 0.717) is 22.7 Å². The summed E-state index contributed by atoms with van der Waals surface area (Å²) in [5.74, 6) is 0.840. The van der Waals surface area contributed by atoms with Crippen LogP contribution in [0.3, 0.4) is 0 Å². The van der Waals surface area contributed by atoms with E-state index in [1.54, 1.807) is 48.5 Å². The minimum absolute atomic E-state index is 0.133. The molecule has 3 rings (SSSR count). The molecule has 1 aliphatic heterocycles. The van der Waals surface area contributed by atoms with Crippen molar-refractivity contribution in [2.75, 3.05) is 7.11 Å². The summed E-state index contributed by atoms with van der Waals surface area (Å²) in [5.41, 5.74) is 1.06. The molecule has 7 heteroatoms. The average Bonchev–Trinajstić information content (AvgIpc) is 2.54. The molecule has 1 N–H and O–H groups in total. The zero-order valence-electron chi connectivity index (χ0n) is 12.2. The molecule has 0 aromatic heterocycles. The molecule has 23 heavy (non-hydrogen) atoms. The summed E-state index contributed by atoms with van der Waals surface area (Å²) in [5, 5.41) is 21.4. The van der Waals surface area contributed by atoms with Gasteiger partial charge in [-0.25, -0.2) is 4.99 Å². The lowest BCUT2D eigenvalue weighted by Crippen LogP contribution is -2.47. The number of para-hydroxylation sites is 3. The fraction of sp³-hybridized carbons (Fsp3) is 0.188. The maximum absolute atomic E-state index is 11.4. The zero-order chi connectivity index (χ0) is 16.4. The van der Waals surface area contributed by atoms with Crippen molar-refractivity contribution in [1.29, 1.82) is 0 Å². The summed E-state index contributed by atoms with van der Waals surface area (Å²) in [4.78, 5) is 15.2. The number of hydrogen-bond donors (Lipinski definition) is 1. The lowest BCUT2D eigenvalue weighted by atomic mass is 9.99. The Hall–Kier alpha value is -2.93. The van der Waals surface area contributed by atoms with E-state index >= 15 is 0 Å². The molecule has 2 atom stereocenters. The van der Waals surface area contributed by atoms with Gasteiger partial charge in [0.2, 0.25) is 0 Å². The fourth-order valence-corrected chi connectivity index (χ4v) is 2.45. The third-order valence-corrected chi connectivity index (χ3v) is 3.51. The molecule has 7 nitrogen and oxygen atoms in total. The number of hydrogen-bond acceptors (Lipinski definition) is 6. The molecule has 2 aromatic carbocycles. The molecule has 2 unspecified atom stereocenters. The summed E-state index contributed by atoms with van der Waals surface area (Å²) in [6, 6.07) is 12.2. The molecule has 118 valence electrons. The molecule has 0 saturated carbocycles. The van der Waals surface area contributed by atoms with Crippen LogP contribution >= 0.6 is 0 Å². The number of nitrogens with zero attached hydrogens (tertiary/aromatic N) is 2. The quantitative estimate of drug-likeness (QED) is 0.692. The molecule has 0 bridgehead atoms. The van der Waals surface area contributed by atoms with Gasteiger partial charge in [-0.1, -0.05) is 24.3 Å². The molecule has 2 aromatic rings. The molecular formula is C16H14N2O5. The van der Waals surface area contributed by atoms with Crippen LogP contribution in [0.15, 0.2) is 53.5 Å². The molecule has 0 saturated heterocycles. The van der Waals surface area contributed by atoms with E-state index in [0.717, 1.165) is 0 Å². The minimum Gasteiger partial charge on any atom is -0.494 e. The number of rotatable bonds is 3. The molecular weight excluding hydrogens is 300 g/mol. The number of methoxy groups -OCH3 is 1. The van der Waals surface area contributed by atoms with Gasteiger partial charge in [0.25, 0.3) is 6.29 Å². The van der Waals surface area contributed by atoms with Crippen molar-refractivity contribution in [3.63, 3.8) is 0 Å². The molecule has 0 fully saturated rings. The second-order valence-electron chi connectivity index (χ2n) is 4.90. The standard InChI is InChI=1S/C16H14N2O5/c1-22-13-9-5-3-7-11(13)17-14-10-6-2-4-8-12(10)23-16(19)15(14)18(20)21/h2-9,15-16,19H,1H3. The lowest BCUT2D eigenvalue weighted by Gasteiger charge is -2.26. The summed E-state index contributed by atoms with van der Waals surface area (Å²) in [6.07, 6.45) is -1.60. The van der Waals surface area contributed by atoms with Gasteiger partial charge in [0, 0.05) is 10.5 Å². The van der Waals surface area contributed by atoms with E-state index < -0.39 is 17.3 Å². The first-order valence-corrected chi connectivity index (χ1v) is 6.91. The highest BCUT2D eigenvalue weighted by Crippen LogP contribution is 2.33. The maximum Gasteiger partial charge on any atom is 0.316 e. The van der Waals surface area contributed by atoms with E-state index in [9.17, 15) is 15.2 Å². The van der Waals surface area contributed by atoms with Gasteiger partial charge in [0.15, 0.2) is 0 Å². The van der Waals surface area contributed by atoms with Crippen LogP contribution in [0.2, 0.25) is 0 Å². The highest BCUT2D eigenvalue weighted by Gasteiger charge is 2.43. The molecule has 1 aliphatic rings. The highest BCUT2D eigenvalue weighted by molar-refractivity contribution is 6.08. The molecule has 1 heterocycles. The Morgan fingerprint density at radius 1 is 1.22 bits per heavy atom. The van der Waals surface area contributed by atoms with Crippen molar-refractivity contribution in [3.8, 4) is 11.5 Å². The maximum atomic E-state index is 11.4. The van der Waals surface area contributed by atoms with E-state index in [1.165, 1.54) is 7.11 Å². The molecule has 0 amide bonds. The Morgan fingerprint density at radius 3 is 2.65 bits per heavy atom. The minimum atomic E-state index is -1.60. The Bertz CT molecular complexity index is 775. The van der Waals surface area contributed by atoms with Crippen LogP contribution in [-0.2, 0) is 0 Å². The van der Waals surface area contributed by atoms with Crippen LogP contribution in [0.5, 0.6) is 11.5 Å². The van der Waals surface area contributed by atoms with Crippen molar-refractivity contribution >= 4 is 11.4 Å². The van der Waals surface area contributed by atoms with Gasteiger partial charge in [-0.2, -0.15) is 0 Å². The summed E-state index contributed by atoms with van der Waals surface area (Å²) in [7, 11) is 1.50. The van der Waals surface area contributed by atoms with Crippen LogP contribution in [0.1, 0.15) is 5.56 Å². The third-order valence-electron chi connectivity index (χ3n) is 3.51. The van der Waals surface area contributed by atoms with Crippen LogP contribution in [-0.4, -0.2) is 35.2 Å². The van der Waals surface area contributed by atoms with Crippen LogP contribution in [0.25, 0.3) is 0 Å².